The molecule has 206 valence electrons. The highest BCUT2D eigenvalue weighted by Gasteiger charge is 2.24. The highest BCUT2D eigenvalue weighted by atomic mass is 19.1. The van der Waals surface area contributed by atoms with E-state index in [0.29, 0.717) is 22.7 Å². The number of rotatable bonds is 7. The minimum atomic E-state index is -0.581. The summed E-state index contributed by atoms with van der Waals surface area (Å²) in [6.07, 6.45) is 5.71. The average molecular weight is 535 g/mol. The average Bonchev–Trinajstić information content (AvgIpc) is 3.56. The summed E-state index contributed by atoms with van der Waals surface area (Å²) < 4.78 is 22.2. The molecule has 2 fully saturated rings. The van der Waals surface area contributed by atoms with E-state index in [1.807, 2.05) is 12.1 Å². The molecular formula is C29H35FN6O3. The van der Waals surface area contributed by atoms with Crippen molar-refractivity contribution in [1.82, 2.24) is 14.7 Å². The molecule has 0 spiro atoms. The molecule has 2 N–H and O–H groups in total. The Morgan fingerprint density at radius 2 is 1.62 bits per heavy atom. The van der Waals surface area contributed by atoms with Crippen LogP contribution in [0.3, 0.4) is 0 Å². The molecule has 9 nitrogen and oxygen atoms in total. The molecule has 2 saturated heterocycles. The maximum Gasteiger partial charge on any atom is 0.259 e. The Kier molecular flexibility index (Phi) is 7.83. The smallest absolute Gasteiger partial charge is 0.259 e. The first-order chi connectivity index (χ1) is 18.8. The second-order valence-corrected chi connectivity index (χ2v) is 10.4. The lowest BCUT2D eigenvalue weighted by Gasteiger charge is -2.30. The molecule has 2 aliphatic rings. The molecule has 2 amide bonds. The number of likely N-dealkylation sites (tertiary alicyclic amines) is 1. The van der Waals surface area contributed by atoms with E-state index in [1.165, 1.54) is 12.1 Å². The topological polar surface area (TPSA) is 91.7 Å². The van der Waals surface area contributed by atoms with Crippen molar-refractivity contribution >= 4 is 28.9 Å². The Labute approximate surface area is 227 Å². The quantitative estimate of drug-likeness (QED) is 0.466. The Morgan fingerprint density at radius 3 is 2.31 bits per heavy atom. The molecule has 0 unspecified atom stereocenters. The molecule has 3 heterocycles. The maximum atomic E-state index is 14.2. The summed E-state index contributed by atoms with van der Waals surface area (Å²) in [5, 5.41) is 9.81. The Morgan fingerprint density at radius 1 is 0.923 bits per heavy atom. The molecular weight excluding hydrogens is 499 g/mol. The van der Waals surface area contributed by atoms with E-state index >= 15 is 0 Å². The van der Waals surface area contributed by atoms with Gasteiger partial charge in [0, 0.05) is 51.2 Å². The van der Waals surface area contributed by atoms with Crippen molar-refractivity contribution < 1.29 is 18.7 Å². The number of halogens is 1. The second-order valence-electron chi connectivity index (χ2n) is 10.4. The lowest BCUT2D eigenvalue weighted by atomic mass is 10.1. The van der Waals surface area contributed by atoms with E-state index in [-0.39, 0.29) is 17.4 Å². The van der Waals surface area contributed by atoms with Crippen LogP contribution in [0.25, 0.3) is 0 Å². The predicted molar refractivity (Wildman–Crippen MR) is 149 cm³/mol. The fourth-order valence-electron chi connectivity index (χ4n) is 5.17. The van der Waals surface area contributed by atoms with Gasteiger partial charge in [0.25, 0.3) is 11.8 Å². The number of ether oxygens (including phenoxy) is 1. The normalized spacial score (nSPS) is 16.4. The molecule has 2 aromatic carbocycles. The van der Waals surface area contributed by atoms with Gasteiger partial charge in [-0.1, -0.05) is 0 Å². The molecule has 0 bridgehead atoms. The van der Waals surface area contributed by atoms with Crippen LogP contribution in [0.4, 0.5) is 21.5 Å². The third-order valence-corrected chi connectivity index (χ3v) is 7.38. The number of hydrogen-bond donors (Lipinski definition) is 2. The summed E-state index contributed by atoms with van der Waals surface area (Å²) in [6, 6.07) is 9.38. The van der Waals surface area contributed by atoms with Gasteiger partial charge in [0.15, 0.2) is 0 Å². The van der Waals surface area contributed by atoms with E-state index in [0.717, 1.165) is 63.6 Å². The molecule has 10 heteroatoms. The van der Waals surface area contributed by atoms with Crippen LogP contribution < -0.4 is 20.3 Å². The predicted octanol–water partition coefficient (Wildman–Crippen LogP) is 4.45. The first-order valence-corrected chi connectivity index (χ1v) is 13.4. The lowest BCUT2D eigenvalue weighted by molar-refractivity contribution is 0.0989. The number of anilines is 3. The summed E-state index contributed by atoms with van der Waals surface area (Å²) in [7, 11) is 3.84. The van der Waals surface area contributed by atoms with Gasteiger partial charge in [-0.3, -0.25) is 14.3 Å². The van der Waals surface area contributed by atoms with E-state index in [1.54, 1.807) is 30.9 Å². The summed E-state index contributed by atoms with van der Waals surface area (Å²) in [4.78, 5) is 31.3. The van der Waals surface area contributed by atoms with Gasteiger partial charge in [0.2, 0.25) is 0 Å². The van der Waals surface area contributed by atoms with Crippen molar-refractivity contribution in [2.45, 2.75) is 38.7 Å². The third kappa shape index (κ3) is 6.22. The Bertz CT molecular complexity index is 1360. The zero-order chi connectivity index (χ0) is 27.5. The monoisotopic (exact) mass is 534 g/mol. The van der Waals surface area contributed by atoms with Gasteiger partial charge in [-0.2, -0.15) is 5.10 Å². The Balaban J connectivity index is 1.40. The summed E-state index contributed by atoms with van der Waals surface area (Å²) >= 11 is 0. The minimum Gasteiger partial charge on any atom is -0.489 e. The number of nitrogens with one attached hydrogen (secondary N) is 2. The summed E-state index contributed by atoms with van der Waals surface area (Å²) in [5.74, 6) is -1.04. The molecule has 5 rings (SSSR count). The second kappa shape index (κ2) is 11.4. The minimum absolute atomic E-state index is 0.0106. The van der Waals surface area contributed by atoms with Gasteiger partial charge >= 0.3 is 0 Å². The van der Waals surface area contributed by atoms with E-state index < -0.39 is 17.6 Å². The summed E-state index contributed by atoms with van der Waals surface area (Å²) in [6.45, 7) is 5.58. The van der Waals surface area contributed by atoms with Crippen molar-refractivity contribution in [3.63, 3.8) is 0 Å². The number of amides is 2. The van der Waals surface area contributed by atoms with Gasteiger partial charge in [-0.15, -0.1) is 0 Å². The van der Waals surface area contributed by atoms with Crippen LogP contribution in [-0.4, -0.2) is 65.8 Å². The van der Waals surface area contributed by atoms with E-state index in [2.05, 4.69) is 32.6 Å². The molecule has 0 atom stereocenters. The fourth-order valence-corrected chi connectivity index (χ4v) is 5.17. The summed E-state index contributed by atoms with van der Waals surface area (Å²) in [5.41, 5.74) is 2.75. The fraction of sp³-hybridized carbons (Fsp3) is 0.414. The zero-order valence-corrected chi connectivity index (χ0v) is 22.7. The van der Waals surface area contributed by atoms with Crippen molar-refractivity contribution in [2.75, 3.05) is 48.8 Å². The standard InChI is InChI=1S/C29H35FN6O3/c1-19-26(18-35(3)33-19)32-29(38)24-16-20(30)6-9-25(24)31-28(37)23-8-7-21(36-12-4-5-13-36)17-27(23)39-22-10-14-34(2)15-11-22/h6-9,16-18,22H,4-5,10-15H2,1-3H3,(H,31,37)(H,32,38). The number of hydrogen-bond acceptors (Lipinski definition) is 6. The van der Waals surface area contributed by atoms with Gasteiger partial charge in [0.05, 0.1) is 28.2 Å². The molecule has 0 aliphatic carbocycles. The SMILES string of the molecule is Cc1nn(C)cc1NC(=O)c1cc(F)ccc1NC(=O)c1ccc(N2CCCC2)cc1OC1CCN(C)CC1. The van der Waals surface area contributed by atoms with Crippen molar-refractivity contribution in [3.8, 4) is 5.75 Å². The molecule has 0 saturated carbocycles. The third-order valence-electron chi connectivity index (χ3n) is 7.38. The van der Waals surface area contributed by atoms with Crippen molar-refractivity contribution in [1.29, 1.82) is 0 Å². The first kappa shape index (κ1) is 26.7. The van der Waals surface area contributed by atoms with E-state index in [4.69, 9.17) is 4.74 Å². The molecule has 2 aliphatic heterocycles. The molecule has 0 radical (unpaired) electrons. The van der Waals surface area contributed by atoms with Crippen LogP contribution in [0, 0.1) is 12.7 Å². The lowest BCUT2D eigenvalue weighted by Crippen LogP contribution is -2.36. The number of piperidine rings is 1. The largest absolute Gasteiger partial charge is 0.489 e. The number of carbonyl (C=O) groups is 2. The molecule has 1 aromatic heterocycles. The Hall–Kier alpha value is -3.92. The van der Waals surface area contributed by atoms with Crippen LogP contribution in [0.2, 0.25) is 0 Å². The van der Waals surface area contributed by atoms with Crippen molar-refractivity contribution in [2.24, 2.45) is 7.05 Å². The van der Waals surface area contributed by atoms with Gasteiger partial charge in [-0.25, -0.2) is 4.39 Å². The van der Waals surface area contributed by atoms with Gasteiger partial charge < -0.3 is 25.2 Å². The van der Waals surface area contributed by atoms with Crippen LogP contribution in [0.5, 0.6) is 5.75 Å². The van der Waals surface area contributed by atoms with Crippen molar-refractivity contribution in [3.05, 3.63) is 65.2 Å². The zero-order valence-electron chi connectivity index (χ0n) is 22.7. The van der Waals surface area contributed by atoms with E-state index in [9.17, 15) is 14.0 Å². The number of nitrogens with zero attached hydrogens (tertiary/aromatic N) is 4. The van der Waals surface area contributed by atoms with Crippen LogP contribution in [0.15, 0.2) is 42.6 Å². The highest BCUT2D eigenvalue weighted by Crippen LogP contribution is 2.31. The number of aromatic nitrogens is 2. The highest BCUT2D eigenvalue weighted by molar-refractivity contribution is 6.13. The van der Waals surface area contributed by atoms with Crippen LogP contribution in [-0.2, 0) is 7.05 Å². The van der Waals surface area contributed by atoms with Gasteiger partial charge in [0.1, 0.15) is 17.7 Å². The molecule has 3 aromatic rings. The maximum absolute atomic E-state index is 14.2. The molecule has 39 heavy (non-hydrogen) atoms. The first-order valence-electron chi connectivity index (χ1n) is 13.4. The van der Waals surface area contributed by atoms with Gasteiger partial charge in [-0.05, 0) is 70.0 Å². The van der Waals surface area contributed by atoms with Crippen LogP contribution >= 0.6 is 0 Å². The number of benzene rings is 2. The number of aryl methyl sites for hydroxylation is 2. The number of carbonyl (C=O) groups excluding carboxylic acids is 2. The van der Waals surface area contributed by atoms with Crippen LogP contribution in [0.1, 0.15) is 52.1 Å².